The molecule has 0 amide bonds. The molecule has 11 nitrogen and oxygen atoms in total. The highest BCUT2D eigenvalue weighted by atomic mass is 16.6. The number of hydrogen-bond donors (Lipinski definition) is 0. The number of nitrogens with zero attached hydrogens (tertiary/aromatic N) is 7. The first-order valence-electron chi connectivity index (χ1n) is 9.67. The van der Waals surface area contributed by atoms with Gasteiger partial charge < -0.3 is 15.0 Å². The summed E-state index contributed by atoms with van der Waals surface area (Å²) in [4.78, 5) is 42.2. The second kappa shape index (κ2) is 9.41. The van der Waals surface area contributed by atoms with Crippen LogP contribution in [0.5, 0.6) is 0 Å². The van der Waals surface area contributed by atoms with Crippen molar-refractivity contribution in [2.24, 2.45) is 7.05 Å². The molecule has 0 unspecified atom stereocenters. The summed E-state index contributed by atoms with van der Waals surface area (Å²) in [6.45, 7) is 4.79. The van der Waals surface area contributed by atoms with E-state index in [1.807, 2.05) is 0 Å². The molecule has 2 aromatic heterocycles. The van der Waals surface area contributed by atoms with Gasteiger partial charge in [0.15, 0.2) is 0 Å². The Balaban J connectivity index is 1.38. The normalized spacial score (nSPS) is 14.9. The van der Waals surface area contributed by atoms with Crippen molar-refractivity contribution in [3.63, 3.8) is 0 Å². The van der Waals surface area contributed by atoms with Crippen molar-refractivity contribution < 1.29 is 4.92 Å². The summed E-state index contributed by atoms with van der Waals surface area (Å²) in [5.41, 5.74) is -0.783. The fourth-order valence-electron chi connectivity index (χ4n) is 3.34. The van der Waals surface area contributed by atoms with Crippen LogP contribution in [0.2, 0.25) is 0 Å². The Bertz CT molecular complexity index is 963. The van der Waals surface area contributed by atoms with Crippen LogP contribution in [0, 0.1) is 10.1 Å². The zero-order chi connectivity index (χ0) is 20.8. The molecule has 1 fully saturated rings. The minimum absolute atomic E-state index is 0.128. The standard InChI is InChI=1S/C18H25N7O4/c1-21-17(26)14-19-24(18(21)27)9-4-2-3-8-22-10-12-23(13-11-22)15-6-5-7-16(20-15)25(28)29/h5-7,14H,2-4,8-13H2,1H3. The Morgan fingerprint density at radius 2 is 1.79 bits per heavy atom. The molecule has 1 aliphatic rings. The summed E-state index contributed by atoms with van der Waals surface area (Å²) >= 11 is 0. The average Bonchev–Trinajstić information content (AvgIpc) is 2.74. The number of unbranched alkanes of at least 4 members (excludes halogenated alkanes) is 2. The molecule has 11 heteroatoms. The predicted molar refractivity (Wildman–Crippen MR) is 107 cm³/mol. The van der Waals surface area contributed by atoms with Gasteiger partial charge in [0.1, 0.15) is 6.20 Å². The third-order valence-electron chi connectivity index (χ3n) is 5.09. The first-order valence-corrected chi connectivity index (χ1v) is 9.67. The van der Waals surface area contributed by atoms with Gasteiger partial charge in [-0.25, -0.2) is 9.48 Å². The number of nitro groups is 1. The molecule has 156 valence electrons. The molecule has 3 rings (SSSR count). The van der Waals surface area contributed by atoms with Crippen molar-refractivity contribution >= 4 is 11.6 Å². The zero-order valence-corrected chi connectivity index (χ0v) is 16.4. The second-order valence-electron chi connectivity index (χ2n) is 7.05. The van der Waals surface area contributed by atoms with Crippen LogP contribution in [0.15, 0.2) is 34.0 Å². The summed E-state index contributed by atoms with van der Waals surface area (Å²) in [5, 5.41) is 14.8. The van der Waals surface area contributed by atoms with E-state index in [1.165, 1.54) is 17.8 Å². The fraction of sp³-hybridized carbons (Fsp3) is 0.556. The zero-order valence-electron chi connectivity index (χ0n) is 16.4. The lowest BCUT2D eigenvalue weighted by atomic mass is 10.2. The molecule has 0 saturated carbocycles. The number of aryl methyl sites for hydroxylation is 1. The number of piperazine rings is 1. The molecule has 0 atom stereocenters. The van der Waals surface area contributed by atoms with Crippen molar-refractivity contribution in [1.29, 1.82) is 0 Å². The summed E-state index contributed by atoms with van der Waals surface area (Å²) in [5.74, 6) is 0.520. The molecule has 1 aliphatic heterocycles. The smallest absolute Gasteiger partial charge is 0.358 e. The van der Waals surface area contributed by atoms with Crippen molar-refractivity contribution in [3.05, 3.63) is 55.3 Å². The highest BCUT2D eigenvalue weighted by molar-refractivity contribution is 5.42. The van der Waals surface area contributed by atoms with Gasteiger partial charge in [0.05, 0.1) is 0 Å². The van der Waals surface area contributed by atoms with Gasteiger partial charge in [-0.2, -0.15) is 5.10 Å². The maximum absolute atomic E-state index is 11.9. The predicted octanol–water partition coefficient (Wildman–Crippen LogP) is 0.238. The van der Waals surface area contributed by atoms with E-state index >= 15 is 0 Å². The Kier molecular flexibility index (Phi) is 6.70. The number of pyridine rings is 1. The van der Waals surface area contributed by atoms with Gasteiger partial charge >= 0.3 is 11.5 Å². The van der Waals surface area contributed by atoms with E-state index in [1.54, 1.807) is 12.1 Å². The minimum atomic E-state index is -0.474. The maximum Gasteiger partial charge on any atom is 0.365 e. The molecule has 0 aromatic carbocycles. The van der Waals surface area contributed by atoms with E-state index in [-0.39, 0.29) is 11.5 Å². The highest BCUT2D eigenvalue weighted by Gasteiger charge is 2.21. The van der Waals surface area contributed by atoms with Crippen molar-refractivity contribution in [2.75, 3.05) is 37.6 Å². The van der Waals surface area contributed by atoms with Crippen LogP contribution < -0.4 is 16.1 Å². The molecule has 0 aliphatic carbocycles. The third-order valence-corrected chi connectivity index (χ3v) is 5.09. The third kappa shape index (κ3) is 5.25. The van der Waals surface area contributed by atoms with E-state index in [9.17, 15) is 19.7 Å². The lowest BCUT2D eigenvalue weighted by molar-refractivity contribution is -0.389. The number of rotatable bonds is 8. The molecule has 0 spiro atoms. The van der Waals surface area contributed by atoms with E-state index in [0.29, 0.717) is 12.4 Å². The lowest BCUT2D eigenvalue weighted by Crippen LogP contribution is -2.46. The molecule has 3 heterocycles. The Labute approximate surface area is 167 Å². The summed E-state index contributed by atoms with van der Waals surface area (Å²) in [7, 11) is 1.45. The average molecular weight is 403 g/mol. The Morgan fingerprint density at radius 1 is 1.07 bits per heavy atom. The minimum Gasteiger partial charge on any atom is -0.358 e. The second-order valence-corrected chi connectivity index (χ2v) is 7.05. The molecule has 29 heavy (non-hydrogen) atoms. The van der Waals surface area contributed by atoms with E-state index < -0.39 is 10.5 Å². The van der Waals surface area contributed by atoms with Gasteiger partial charge in [0, 0.05) is 51.9 Å². The number of aromatic nitrogens is 4. The first-order chi connectivity index (χ1) is 14.0. The molecule has 0 N–H and O–H groups in total. The van der Waals surface area contributed by atoms with Crippen molar-refractivity contribution in [2.45, 2.75) is 25.8 Å². The van der Waals surface area contributed by atoms with Gasteiger partial charge in [-0.15, -0.1) is 0 Å². The molecule has 0 radical (unpaired) electrons. The van der Waals surface area contributed by atoms with Gasteiger partial charge in [-0.05, 0) is 35.4 Å². The van der Waals surface area contributed by atoms with Gasteiger partial charge in [0.25, 0.3) is 5.56 Å². The fourth-order valence-corrected chi connectivity index (χ4v) is 3.34. The van der Waals surface area contributed by atoms with E-state index in [0.717, 1.165) is 62.8 Å². The van der Waals surface area contributed by atoms with Crippen LogP contribution in [0.3, 0.4) is 0 Å². The lowest BCUT2D eigenvalue weighted by Gasteiger charge is -2.34. The molecular formula is C18H25N7O4. The van der Waals surface area contributed by atoms with Crippen molar-refractivity contribution in [3.8, 4) is 0 Å². The molecule has 0 bridgehead atoms. The first kappa shape index (κ1) is 20.6. The van der Waals surface area contributed by atoms with Crippen LogP contribution in [0.4, 0.5) is 11.6 Å². The van der Waals surface area contributed by atoms with Gasteiger partial charge in [-0.1, -0.05) is 6.42 Å². The number of anilines is 1. The van der Waals surface area contributed by atoms with Crippen LogP contribution >= 0.6 is 0 Å². The quantitative estimate of drug-likeness (QED) is 0.349. The van der Waals surface area contributed by atoms with Crippen LogP contribution in [0.25, 0.3) is 0 Å². The monoisotopic (exact) mass is 403 g/mol. The van der Waals surface area contributed by atoms with Crippen molar-refractivity contribution in [1.82, 2.24) is 24.2 Å². The summed E-state index contributed by atoms with van der Waals surface area (Å²) < 4.78 is 2.38. The Morgan fingerprint density at radius 3 is 2.52 bits per heavy atom. The summed E-state index contributed by atoms with van der Waals surface area (Å²) in [6.07, 6.45) is 3.96. The van der Waals surface area contributed by atoms with Crippen LogP contribution in [-0.2, 0) is 13.6 Å². The van der Waals surface area contributed by atoms with E-state index in [2.05, 4.69) is 19.9 Å². The topological polar surface area (TPSA) is 119 Å². The largest absolute Gasteiger partial charge is 0.365 e. The SMILES string of the molecule is Cn1c(=O)cnn(CCCCCN2CCN(c3cccc([N+](=O)[O-])n3)CC2)c1=O. The Hall–Kier alpha value is -3.08. The van der Waals surface area contributed by atoms with Gasteiger partial charge in [0.2, 0.25) is 5.82 Å². The molecular weight excluding hydrogens is 378 g/mol. The van der Waals surface area contributed by atoms with Gasteiger partial charge in [-0.3, -0.25) is 14.3 Å². The maximum atomic E-state index is 11.9. The highest BCUT2D eigenvalue weighted by Crippen LogP contribution is 2.17. The molecule has 2 aromatic rings. The van der Waals surface area contributed by atoms with E-state index in [4.69, 9.17) is 0 Å². The van der Waals surface area contributed by atoms with Crippen LogP contribution in [-0.4, -0.2) is 61.9 Å². The molecule has 1 saturated heterocycles. The number of hydrogen-bond acceptors (Lipinski definition) is 8. The summed E-state index contributed by atoms with van der Waals surface area (Å²) in [6, 6.07) is 4.87. The van der Waals surface area contributed by atoms with Crippen LogP contribution in [0.1, 0.15) is 19.3 Å².